The summed E-state index contributed by atoms with van der Waals surface area (Å²) in [6, 6.07) is 14.2. The van der Waals surface area contributed by atoms with E-state index in [0.717, 1.165) is 5.56 Å². The Morgan fingerprint density at radius 1 is 0.967 bits per heavy atom. The molecule has 4 rings (SSSR count). The van der Waals surface area contributed by atoms with E-state index in [1.54, 1.807) is 48.8 Å². The van der Waals surface area contributed by atoms with Crippen molar-refractivity contribution in [3.05, 3.63) is 66.5 Å². The number of benzene rings is 2. The van der Waals surface area contributed by atoms with Gasteiger partial charge in [-0.25, -0.2) is 4.98 Å². The Labute approximate surface area is 173 Å². The number of rotatable bonds is 7. The van der Waals surface area contributed by atoms with Gasteiger partial charge in [-0.3, -0.25) is 9.78 Å². The Balaban J connectivity index is 1.58. The standard InChI is InChI=1S/C23H21N3O4/c1-3-28-18-11-16(12-19(14-18)29-4-2)22(27)25-17-5-6-20-21(13-17)30-23(26-20)15-7-9-24-10-8-15/h5-14H,3-4H2,1-2H3,(H,25,27). The van der Waals surface area contributed by atoms with Crippen LogP contribution in [0.1, 0.15) is 24.2 Å². The Morgan fingerprint density at radius 2 is 1.67 bits per heavy atom. The van der Waals surface area contributed by atoms with Crippen molar-refractivity contribution in [1.82, 2.24) is 9.97 Å². The maximum absolute atomic E-state index is 12.8. The molecule has 2 aromatic carbocycles. The molecule has 0 bridgehead atoms. The first-order valence-corrected chi connectivity index (χ1v) is 9.69. The highest BCUT2D eigenvalue weighted by atomic mass is 16.5. The van der Waals surface area contributed by atoms with Crippen LogP contribution in [0.5, 0.6) is 11.5 Å². The van der Waals surface area contributed by atoms with E-state index in [1.165, 1.54) is 0 Å². The Morgan fingerprint density at radius 3 is 2.33 bits per heavy atom. The molecule has 1 N–H and O–H groups in total. The summed E-state index contributed by atoms with van der Waals surface area (Å²) >= 11 is 0. The van der Waals surface area contributed by atoms with Crippen LogP contribution in [-0.2, 0) is 0 Å². The third-order valence-corrected chi connectivity index (χ3v) is 4.34. The molecule has 152 valence electrons. The van der Waals surface area contributed by atoms with Gasteiger partial charge in [0.1, 0.15) is 17.0 Å². The van der Waals surface area contributed by atoms with Gasteiger partial charge in [0, 0.05) is 41.3 Å². The van der Waals surface area contributed by atoms with Crippen LogP contribution in [0.4, 0.5) is 5.69 Å². The van der Waals surface area contributed by atoms with Crippen LogP contribution in [0.3, 0.4) is 0 Å². The second kappa shape index (κ2) is 8.65. The van der Waals surface area contributed by atoms with Crippen molar-refractivity contribution in [2.75, 3.05) is 18.5 Å². The molecule has 1 amide bonds. The topological polar surface area (TPSA) is 86.5 Å². The predicted octanol–water partition coefficient (Wildman–Crippen LogP) is 4.94. The van der Waals surface area contributed by atoms with Gasteiger partial charge >= 0.3 is 0 Å². The first-order valence-electron chi connectivity index (χ1n) is 9.69. The first-order chi connectivity index (χ1) is 14.7. The van der Waals surface area contributed by atoms with E-state index in [9.17, 15) is 4.79 Å². The lowest BCUT2D eigenvalue weighted by Crippen LogP contribution is -2.12. The molecule has 7 heteroatoms. The molecule has 0 saturated carbocycles. The summed E-state index contributed by atoms with van der Waals surface area (Å²) < 4.78 is 17.0. The van der Waals surface area contributed by atoms with E-state index in [0.29, 0.717) is 53.0 Å². The molecular formula is C23H21N3O4. The summed E-state index contributed by atoms with van der Waals surface area (Å²) in [6.45, 7) is 4.77. The minimum atomic E-state index is -0.272. The maximum atomic E-state index is 12.8. The molecule has 0 unspecified atom stereocenters. The maximum Gasteiger partial charge on any atom is 0.255 e. The fourth-order valence-corrected chi connectivity index (χ4v) is 3.03. The Bertz CT molecular complexity index is 1150. The van der Waals surface area contributed by atoms with Crippen LogP contribution in [0.25, 0.3) is 22.6 Å². The number of amides is 1. The SMILES string of the molecule is CCOc1cc(OCC)cc(C(=O)Nc2ccc3nc(-c4ccncc4)oc3c2)c1. The number of oxazole rings is 1. The number of ether oxygens (including phenoxy) is 2. The highest BCUT2D eigenvalue weighted by molar-refractivity contribution is 6.05. The molecule has 30 heavy (non-hydrogen) atoms. The number of nitrogens with zero attached hydrogens (tertiary/aromatic N) is 2. The van der Waals surface area contributed by atoms with Gasteiger partial charge in [-0.05, 0) is 50.2 Å². The van der Waals surface area contributed by atoms with Gasteiger partial charge in [0.25, 0.3) is 5.91 Å². The highest BCUT2D eigenvalue weighted by Crippen LogP contribution is 2.27. The number of nitrogens with one attached hydrogen (secondary N) is 1. The van der Waals surface area contributed by atoms with E-state index in [2.05, 4.69) is 15.3 Å². The molecule has 0 radical (unpaired) electrons. The van der Waals surface area contributed by atoms with Gasteiger partial charge in [0.2, 0.25) is 5.89 Å². The van der Waals surface area contributed by atoms with Crippen LogP contribution < -0.4 is 14.8 Å². The summed E-state index contributed by atoms with van der Waals surface area (Å²) in [5, 5.41) is 2.89. The molecule has 0 spiro atoms. The fraction of sp³-hybridized carbons (Fsp3) is 0.174. The van der Waals surface area contributed by atoms with Crippen LogP contribution in [0.15, 0.2) is 65.3 Å². The molecule has 4 aromatic rings. The lowest BCUT2D eigenvalue weighted by molar-refractivity contribution is 0.102. The normalized spacial score (nSPS) is 10.7. The van der Waals surface area contributed by atoms with Gasteiger partial charge in [-0.15, -0.1) is 0 Å². The van der Waals surface area contributed by atoms with E-state index in [1.807, 2.05) is 26.0 Å². The van der Waals surface area contributed by atoms with Crippen LogP contribution in [-0.4, -0.2) is 29.1 Å². The van der Waals surface area contributed by atoms with Crippen LogP contribution in [0.2, 0.25) is 0 Å². The van der Waals surface area contributed by atoms with E-state index in [4.69, 9.17) is 13.9 Å². The average molecular weight is 403 g/mol. The zero-order valence-corrected chi connectivity index (χ0v) is 16.7. The number of hydrogen-bond acceptors (Lipinski definition) is 6. The number of pyridine rings is 1. The number of hydrogen-bond donors (Lipinski definition) is 1. The van der Waals surface area contributed by atoms with Gasteiger partial charge in [-0.1, -0.05) is 0 Å². The third-order valence-electron chi connectivity index (χ3n) is 4.34. The number of anilines is 1. The Kier molecular flexibility index (Phi) is 5.61. The van der Waals surface area contributed by atoms with E-state index >= 15 is 0 Å². The van der Waals surface area contributed by atoms with Crippen molar-refractivity contribution in [1.29, 1.82) is 0 Å². The molecule has 2 heterocycles. The lowest BCUT2D eigenvalue weighted by atomic mass is 10.1. The van der Waals surface area contributed by atoms with Crippen molar-refractivity contribution in [3.8, 4) is 23.0 Å². The average Bonchev–Trinajstić information content (AvgIpc) is 3.18. The monoisotopic (exact) mass is 403 g/mol. The van der Waals surface area contributed by atoms with Crippen molar-refractivity contribution in [2.24, 2.45) is 0 Å². The van der Waals surface area contributed by atoms with Crippen LogP contribution >= 0.6 is 0 Å². The molecule has 0 aliphatic rings. The minimum Gasteiger partial charge on any atom is -0.494 e. The third kappa shape index (κ3) is 4.25. The first kappa shape index (κ1) is 19.4. The van der Waals surface area contributed by atoms with E-state index in [-0.39, 0.29) is 5.91 Å². The summed E-state index contributed by atoms with van der Waals surface area (Å²) in [5.41, 5.74) is 3.17. The van der Waals surface area contributed by atoms with Crippen molar-refractivity contribution in [3.63, 3.8) is 0 Å². The number of fused-ring (bicyclic) bond motifs is 1. The molecule has 0 fully saturated rings. The molecule has 0 aliphatic heterocycles. The molecule has 2 aromatic heterocycles. The molecule has 0 saturated heterocycles. The van der Waals surface area contributed by atoms with Gasteiger partial charge < -0.3 is 19.2 Å². The van der Waals surface area contributed by atoms with E-state index < -0.39 is 0 Å². The fourth-order valence-electron chi connectivity index (χ4n) is 3.03. The zero-order chi connectivity index (χ0) is 20.9. The number of carbonyl (C=O) groups excluding carboxylic acids is 1. The largest absolute Gasteiger partial charge is 0.494 e. The second-order valence-corrected chi connectivity index (χ2v) is 6.45. The van der Waals surface area contributed by atoms with Gasteiger partial charge in [0.05, 0.1) is 13.2 Å². The lowest BCUT2D eigenvalue weighted by Gasteiger charge is -2.11. The summed E-state index contributed by atoms with van der Waals surface area (Å²) in [6.07, 6.45) is 3.37. The molecular weight excluding hydrogens is 382 g/mol. The molecule has 0 aliphatic carbocycles. The molecule has 0 atom stereocenters. The second-order valence-electron chi connectivity index (χ2n) is 6.45. The summed E-state index contributed by atoms with van der Waals surface area (Å²) in [5.74, 6) is 1.40. The minimum absolute atomic E-state index is 0.272. The smallest absolute Gasteiger partial charge is 0.255 e. The zero-order valence-electron chi connectivity index (χ0n) is 16.7. The summed E-state index contributed by atoms with van der Waals surface area (Å²) in [7, 11) is 0. The quantitative estimate of drug-likeness (QED) is 0.470. The number of aromatic nitrogens is 2. The highest BCUT2D eigenvalue weighted by Gasteiger charge is 2.13. The van der Waals surface area contributed by atoms with Gasteiger partial charge in [-0.2, -0.15) is 0 Å². The van der Waals surface area contributed by atoms with Crippen molar-refractivity contribution in [2.45, 2.75) is 13.8 Å². The summed E-state index contributed by atoms with van der Waals surface area (Å²) in [4.78, 5) is 21.3. The molecule has 7 nitrogen and oxygen atoms in total. The van der Waals surface area contributed by atoms with Crippen molar-refractivity contribution >= 4 is 22.7 Å². The van der Waals surface area contributed by atoms with Crippen molar-refractivity contribution < 1.29 is 18.7 Å². The van der Waals surface area contributed by atoms with Crippen LogP contribution in [0, 0.1) is 0 Å². The predicted molar refractivity (Wildman–Crippen MR) is 114 cm³/mol. The number of carbonyl (C=O) groups is 1. The van der Waals surface area contributed by atoms with Gasteiger partial charge in [0.15, 0.2) is 5.58 Å². The Hall–Kier alpha value is -3.87.